The maximum atomic E-state index is 13.7. The van der Waals surface area contributed by atoms with Gasteiger partial charge >= 0.3 is 0 Å². The van der Waals surface area contributed by atoms with Crippen LogP contribution in [0.2, 0.25) is 0 Å². The molecule has 1 fully saturated rings. The monoisotopic (exact) mass is 458 g/mol. The van der Waals surface area contributed by atoms with Gasteiger partial charge in [-0.25, -0.2) is 0 Å². The van der Waals surface area contributed by atoms with Gasteiger partial charge in [-0.3, -0.25) is 19.3 Å². The second-order valence-electron chi connectivity index (χ2n) is 9.24. The fraction of sp³-hybridized carbons (Fsp3) is 0.435. The van der Waals surface area contributed by atoms with Crippen molar-refractivity contribution in [1.82, 2.24) is 4.90 Å². The van der Waals surface area contributed by atoms with Crippen molar-refractivity contribution in [2.75, 3.05) is 14.1 Å². The normalized spacial score (nSPS) is 33.7. The van der Waals surface area contributed by atoms with Crippen LogP contribution in [0, 0.1) is 18.8 Å². The number of aliphatic hydroxyl groups excluding tert-OH is 3. The van der Waals surface area contributed by atoms with Crippen molar-refractivity contribution < 1.29 is 39.9 Å². The molecule has 3 aliphatic rings. The summed E-state index contributed by atoms with van der Waals surface area (Å²) in [5, 5.41) is 55.5. The van der Waals surface area contributed by atoms with E-state index in [4.69, 9.17) is 5.73 Å². The van der Waals surface area contributed by atoms with Crippen molar-refractivity contribution >= 4 is 23.2 Å². The molecular formula is C23H26N2O8. The number of hydrogen-bond donors (Lipinski definition) is 6. The summed E-state index contributed by atoms with van der Waals surface area (Å²) in [6.45, 7) is 3.29. The summed E-state index contributed by atoms with van der Waals surface area (Å²) in [5.41, 5.74) is 1.94. The minimum Gasteiger partial charge on any atom is -0.508 e. The van der Waals surface area contributed by atoms with Gasteiger partial charge in [-0.2, -0.15) is 0 Å². The molecule has 0 radical (unpaired) electrons. The van der Waals surface area contributed by atoms with E-state index in [2.05, 4.69) is 0 Å². The van der Waals surface area contributed by atoms with Crippen molar-refractivity contribution in [2.24, 2.45) is 17.6 Å². The summed E-state index contributed by atoms with van der Waals surface area (Å²) in [6, 6.07) is 1.94. The number of aryl methyl sites for hydroxylation is 1. The molecule has 3 aliphatic carbocycles. The number of aliphatic hydroxyl groups is 4. The number of phenolic OH excluding ortho intramolecular Hbond substituents is 1. The molecule has 33 heavy (non-hydrogen) atoms. The first kappa shape index (κ1) is 23.0. The molecule has 0 aliphatic heterocycles. The second-order valence-corrected chi connectivity index (χ2v) is 9.24. The highest BCUT2D eigenvalue weighted by atomic mass is 16.4. The van der Waals surface area contributed by atoms with Crippen molar-refractivity contribution in [2.45, 2.75) is 37.5 Å². The predicted octanol–water partition coefficient (Wildman–Crippen LogP) is -0.196. The highest BCUT2D eigenvalue weighted by Crippen LogP contribution is 2.56. The van der Waals surface area contributed by atoms with Gasteiger partial charge in [-0.1, -0.05) is 19.1 Å². The molecule has 0 bridgehead atoms. The third-order valence-corrected chi connectivity index (χ3v) is 7.33. The first-order valence-corrected chi connectivity index (χ1v) is 10.4. The number of likely N-dealkylation sites (N-methyl/N-ethyl adjacent to an activating group) is 1. The molecule has 0 aromatic heterocycles. The molecule has 1 aromatic carbocycles. The lowest BCUT2D eigenvalue weighted by atomic mass is 9.54. The molecule has 10 heteroatoms. The lowest BCUT2D eigenvalue weighted by molar-refractivity contribution is -0.169. The van der Waals surface area contributed by atoms with Crippen molar-refractivity contribution in [3.05, 3.63) is 45.7 Å². The standard InChI is InChI=1S/C23H26N2O8/c1-7-5-6-9-8(2)10-12(17(27)11(9)16(7)26)20(30)23(33)14(18(10)28)15(25(3)4)19(29)13(21(23)31)22(24)32/h5-6,8,10,14-15,18,26-28,31,33H,1-4H3,(H2,24,32)/t8-,10+,14+,15-,18-,23-/m0/s1. The van der Waals surface area contributed by atoms with Crippen molar-refractivity contribution in [3.8, 4) is 5.75 Å². The minimum absolute atomic E-state index is 0.00834. The van der Waals surface area contributed by atoms with Gasteiger partial charge in [0.05, 0.1) is 23.6 Å². The molecule has 4 rings (SSSR count). The first-order chi connectivity index (χ1) is 15.3. The van der Waals surface area contributed by atoms with Crippen LogP contribution in [0.3, 0.4) is 0 Å². The topological polar surface area (TPSA) is 182 Å². The number of Topliss-reactive ketones (excluding diaryl/α,β-unsaturated/α-hetero) is 2. The molecule has 6 atom stereocenters. The van der Waals surface area contributed by atoms with E-state index in [9.17, 15) is 39.9 Å². The van der Waals surface area contributed by atoms with E-state index >= 15 is 0 Å². The Kier molecular flexibility index (Phi) is 4.97. The summed E-state index contributed by atoms with van der Waals surface area (Å²) in [7, 11) is 2.93. The number of rotatable bonds is 2. The fourth-order valence-corrected chi connectivity index (χ4v) is 5.72. The number of primary amides is 1. The minimum atomic E-state index is -2.90. The number of benzene rings is 1. The average Bonchev–Trinajstić information content (AvgIpc) is 2.72. The van der Waals surface area contributed by atoms with Crippen LogP contribution in [-0.4, -0.2) is 79.7 Å². The van der Waals surface area contributed by atoms with Gasteiger partial charge in [0.1, 0.15) is 22.8 Å². The Labute approximate surface area is 189 Å². The molecule has 0 saturated heterocycles. The third-order valence-electron chi connectivity index (χ3n) is 7.33. The number of phenols is 1. The van der Waals surface area contributed by atoms with Gasteiger partial charge in [0.15, 0.2) is 11.4 Å². The molecule has 0 spiro atoms. The molecule has 7 N–H and O–H groups in total. The smallest absolute Gasteiger partial charge is 0.255 e. The molecule has 10 nitrogen and oxygen atoms in total. The van der Waals surface area contributed by atoms with Gasteiger partial charge in [0.2, 0.25) is 5.78 Å². The van der Waals surface area contributed by atoms with E-state index in [1.165, 1.54) is 19.0 Å². The lowest BCUT2D eigenvalue weighted by Gasteiger charge is -2.53. The Morgan fingerprint density at radius 1 is 1.15 bits per heavy atom. The van der Waals surface area contributed by atoms with Gasteiger partial charge in [0, 0.05) is 11.5 Å². The van der Waals surface area contributed by atoms with Crippen LogP contribution < -0.4 is 5.73 Å². The van der Waals surface area contributed by atoms with Crippen LogP contribution in [0.25, 0.3) is 5.76 Å². The lowest BCUT2D eigenvalue weighted by Crippen LogP contribution is -2.70. The zero-order chi connectivity index (χ0) is 24.7. The van der Waals surface area contributed by atoms with Crippen LogP contribution in [-0.2, 0) is 14.4 Å². The molecule has 0 unspecified atom stereocenters. The molecule has 1 aromatic rings. The summed E-state index contributed by atoms with van der Waals surface area (Å²) in [6.07, 6.45) is -1.59. The number of nitrogens with zero attached hydrogens (tertiary/aromatic N) is 1. The number of amides is 1. The molecule has 1 amide bonds. The Morgan fingerprint density at radius 3 is 2.30 bits per heavy atom. The SMILES string of the molecule is Cc1ccc2c(c1O)C(O)=C1C(=O)[C@]3(O)C(O)=C(C(N)=O)C(=O)[C@@H](N(C)C)[C@@H]3[C@@H](O)[C@@H]1[C@H]2C. The van der Waals surface area contributed by atoms with Crippen LogP contribution in [0.1, 0.15) is 29.5 Å². The number of hydrogen-bond acceptors (Lipinski definition) is 9. The molecule has 0 heterocycles. The fourth-order valence-electron chi connectivity index (χ4n) is 5.72. The third kappa shape index (κ3) is 2.68. The van der Waals surface area contributed by atoms with Gasteiger partial charge < -0.3 is 31.3 Å². The van der Waals surface area contributed by atoms with E-state index in [0.717, 1.165) is 0 Å². The number of fused-ring (bicyclic) bond motifs is 3. The van der Waals surface area contributed by atoms with E-state index in [0.29, 0.717) is 11.1 Å². The van der Waals surface area contributed by atoms with E-state index in [-0.39, 0.29) is 11.3 Å². The average molecular weight is 458 g/mol. The second kappa shape index (κ2) is 7.14. The Balaban J connectivity index is 2.07. The number of ketones is 2. The number of carbonyl (C=O) groups excluding carboxylic acids is 3. The molecule has 1 saturated carbocycles. The zero-order valence-corrected chi connectivity index (χ0v) is 18.5. The van der Waals surface area contributed by atoms with Crippen molar-refractivity contribution in [1.29, 1.82) is 0 Å². The Morgan fingerprint density at radius 2 is 1.76 bits per heavy atom. The van der Waals surface area contributed by atoms with Crippen LogP contribution in [0.5, 0.6) is 5.75 Å². The zero-order valence-electron chi connectivity index (χ0n) is 18.5. The summed E-state index contributed by atoms with van der Waals surface area (Å²) < 4.78 is 0. The highest BCUT2D eigenvalue weighted by Gasteiger charge is 2.68. The van der Waals surface area contributed by atoms with Crippen LogP contribution in [0.4, 0.5) is 0 Å². The summed E-state index contributed by atoms with van der Waals surface area (Å²) in [4.78, 5) is 40.1. The summed E-state index contributed by atoms with van der Waals surface area (Å²) in [5.74, 6) is -8.82. The Hall–Kier alpha value is -3.21. The maximum Gasteiger partial charge on any atom is 0.255 e. The van der Waals surface area contributed by atoms with E-state index in [1.54, 1.807) is 26.0 Å². The number of carbonyl (C=O) groups is 3. The van der Waals surface area contributed by atoms with E-state index < -0.39 is 75.6 Å². The highest BCUT2D eigenvalue weighted by molar-refractivity contribution is 6.24. The quantitative estimate of drug-likeness (QED) is 0.327. The predicted molar refractivity (Wildman–Crippen MR) is 115 cm³/mol. The van der Waals surface area contributed by atoms with Gasteiger partial charge in [-0.05, 0) is 38.1 Å². The van der Waals surface area contributed by atoms with E-state index in [1.807, 2.05) is 0 Å². The van der Waals surface area contributed by atoms with Crippen LogP contribution in [0.15, 0.2) is 29.0 Å². The maximum absolute atomic E-state index is 13.7. The number of nitrogens with two attached hydrogens (primary N) is 1. The largest absolute Gasteiger partial charge is 0.508 e. The first-order valence-electron chi connectivity index (χ1n) is 10.4. The Bertz CT molecular complexity index is 1180. The summed E-state index contributed by atoms with van der Waals surface area (Å²) >= 11 is 0. The van der Waals surface area contributed by atoms with Gasteiger partial charge in [-0.15, -0.1) is 0 Å². The molecule has 176 valence electrons. The van der Waals surface area contributed by atoms with Crippen LogP contribution >= 0.6 is 0 Å². The van der Waals surface area contributed by atoms with Crippen molar-refractivity contribution in [3.63, 3.8) is 0 Å². The number of aromatic hydroxyl groups is 1. The van der Waals surface area contributed by atoms with Gasteiger partial charge in [0.25, 0.3) is 5.91 Å². The molecular weight excluding hydrogens is 432 g/mol.